The maximum absolute atomic E-state index is 12.4. The summed E-state index contributed by atoms with van der Waals surface area (Å²) in [5, 5.41) is 2.87. The molecule has 0 aliphatic rings. The van der Waals surface area contributed by atoms with Gasteiger partial charge in [-0.15, -0.1) is 0 Å². The molecule has 5 heteroatoms. The molecule has 0 fully saturated rings. The molecular formula is C23H21F2NO2. The summed E-state index contributed by atoms with van der Waals surface area (Å²) in [6.45, 7) is -2.47. The Morgan fingerprint density at radius 3 is 2.04 bits per heavy atom. The molecule has 0 atom stereocenters. The quantitative estimate of drug-likeness (QED) is 0.579. The fourth-order valence-electron chi connectivity index (χ4n) is 3.14. The zero-order valence-electron chi connectivity index (χ0n) is 15.2. The van der Waals surface area contributed by atoms with Gasteiger partial charge in [-0.2, -0.15) is 8.78 Å². The summed E-state index contributed by atoms with van der Waals surface area (Å²) in [5.41, 5.74) is 2.64. The van der Waals surface area contributed by atoms with Crippen LogP contribution in [-0.2, 0) is 0 Å². The van der Waals surface area contributed by atoms with E-state index in [0.29, 0.717) is 13.0 Å². The highest BCUT2D eigenvalue weighted by Crippen LogP contribution is 2.27. The number of hydrogen-bond donors (Lipinski definition) is 1. The zero-order valence-corrected chi connectivity index (χ0v) is 15.2. The van der Waals surface area contributed by atoms with Crippen molar-refractivity contribution in [1.82, 2.24) is 5.32 Å². The number of nitrogens with one attached hydrogen (secondary N) is 1. The Kier molecular flexibility index (Phi) is 6.73. The predicted molar refractivity (Wildman–Crippen MR) is 105 cm³/mol. The average molecular weight is 381 g/mol. The molecule has 0 saturated heterocycles. The first-order valence-corrected chi connectivity index (χ1v) is 9.06. The van der Waals surface area contributed by atoms with Gasteiger partial charge in [-0.3, -0.25) is 4.79 Å². The van der Waals surface area contributed by atoms with Gasteiger partial charge in [0.05, 0.1) is 0 Å². The highest BCUT2D eigenvalue weighted by atomic mass is 19.3. The van der Waals surface area contributed by atoms with Gasteiger partial charge in [-0.05, 0) is 35.7 Å². The van der Waals surface area contributed by atoms with E-state index < -0.39 is 6.61 Å². The Morgan fingerprint density at radius 2 is 1.46 bits per heavy atom. The highest BCUT2D eigenvalue weighted by molar-refractivity contribution is 5.94. The molecule has 0 aliphatic heterocycles. The van der Waals surface area contributed by atoms with E-state index in [1.54, 1.807) is 6.07 Å². The van der Waals surface area contributed by atoms with Gasteiger partial charge in [0.1, 0.15) is 5.75 Å². The molecule has 0 saturated carbocycles. The fourth-order valence-corrected chi connectivity index (χ4v) is 3.14. The molecule has 28 heavy (non-hydrogen) atoms. The molecule has 0 bridgehead atoms. The van der Waals surface area contributed by atoms with Crippen molar-refractivity contribution in [1.29, 1.82) is 0 Å². The van der Waals surface area contributed by atoms with Gasteiger partial charge in [0.25, 0.3) is 5.91 Å². The van der Waals surface area contributed by atoms with E-state index in [9.17, 15) is 13.6 Å². The summed E-state index contributed by atoms with van der Waals surface area (Å²) in [7, 11) is 0. The number of hydrogen-bond acceptors (Lipinski definition) is 2. The van der Waals surface area contributed by atoms with Crippen LogP contribution >= 0.6 is 0 Å². The Labute approximate surface area is 163 Å². The van der Waals surface area contributed by atoms with Gasteiger partial charge in [-0.1, -0.05) is 66.7 Å². The van der Waals surface area contributed by atoms with E-state index in [1.807, 2.05) is 36.4 Å². The molecule has 3 nitrogen and oxygen atoms in total. The molecule has 0 spiro atoms. The topological polar surface area (TPSA) is 38.3 Å². The van der Waals surface area contributed by atoms with Crippen molar-refractivity contribution >= 4 is 5.91 Å². The number of carbonyl (C=O) groups is 1. The summed E-state index contributed by atoms with van der Waals surface area (Å²) < 4.78 is 29.0. The standard InChI is InChI=1S/C23H21F2NO2/c24-23(25)28-20-13-7-12-19(16-20)22(27)26-15-14-21(17-8-3-1-4-9-17)18-10-5-2-6-11-18/h1-13,16,21,23H,14-15H2,(H,26,27). The predicted octanol–water partition coefficient (Wildman–Crippen LogP) is 5.24. The molecule has 0 unspecified atom stereocenters. The van der Waals surface area contributed by atoms with Crippen LogP contribution in [0, 0.1) is 0 Å². The number of alkyl halides is 2. The van der Waals surface area contributed by atoms with Crippen LogP contribution in [-0.4, -0.2) is 19.1 Å². The van der Waals surface area contributed by atoms with Crippen LogP contribution in [0.3, 0.4) is 0 Å². The van der Waals surface area contributed by atoms with Crippen molar-refractivity contribution in [3.05, 3.63) is 102 Å². The smallest absolute Gasteiger partial charge is 0.387 e. The van der Waals surface area contributed by atoms with Crippen molar-refractivity contribution in [2.45, 2.75) is 19.0 Å². The van der Waals surface area contributed by atoms with Gasteiger partial charge in [0.2, 0.25) is 0 Å². The first kappa shape index (κ1) is 19.5. The minimum absolute atomic E-state index is 0.0332. The van der Waals surface area contributed by atoms with E-state index in [-0.39, 0.29) is 23.1 Å². The number of halogens is 2. The van der Waals surface area contributed by atoms with Crippen molar-refractivity contribution in [3.63, 3.8) is 0 Å². The van der Waals surface area contributed by atoms with Crippen molar-refractivity contribution in [2.75, 3.05) is 6.54 Å². The number of amides is 1. The molecular weight excluding hydrogens is 360 g/mol. The van der Waals surface area contributed by atoms with Crippen LogP contribution < -0.4 is 10.1 Å². The minimum atomic E-state index is -2.92. The van der Waals surface area contributed by atoms with Crippen LogP contribution in [0.2, 0.25) is 0 Å². The third-order valence-corrected chi connectivity index (χ3v) is 4.44. The molecule has 1 amide bonds. The Hall–Kier alpha value is -3.21. The van der Waals surface area contributed by atoms with Crippen molar-refractivity contribution in [2.24, 2.45) is 0 Å². The lowest BCUT2D eigenvalue weighted by Crippen LogP contribution is -2.26. The third kappa shape index (κ3) is 5.39. The first-order chi connectivity index (χ1) is 13.6. The molecule has 3 rings (SSSR count). The molecule has 0 aliphatic carbocycles. The normalized spacial score (nSPS) is 10.9. The lowest BCUT2D eigenvalue weighted by atomic mass is 9.88. The van der Waals surface area contributed by atoms with Crippen LogP contribution in [0.5, 0.6) is 5.75 Å². The molecule has 0 radical (unpaired) electrons. The largest absolute Gasteiger partial charge is 0.435 e. The minimum Gasteiger partial charge on any atom is -0.435 e. The van der Waals surface area contributed by atoms with Crippen molar-refractivity contribution < 1.29 is 18.3 Å². The van der Waals surface area contributed by atoms with Gasteiger partial charge in [0, 0.05) is 18.0 Å². The fraction of sp³-hybridized carbons (Fsp3) is 0.174. The summed E-state index contributed by atoms with van der Waals surface area (Å²) in [4.78, 5) is 12.4. The Morgan fingerprint density at radius 1 is 0.857 bits per heavy atom. The second-order valence-corrected chi connectivity index (χ2v) is 6.32. The first-order valence-electron chi connectivity index (χ1n) is 9.06. The van der Waals surface area contributed by atoms with Crippen LogP contribution in [0.15, 0.2) is 84.9 Å². The van der Waals surface area contributed by atoms with E-state index in [0.717, 1.165) is 0 Å². The van der Waals surface area contributed by atoms with Crippen molar-refractivity contribution in [3.8, 4) is 5.75 Å². The maximum Gasteiger partial charge on any atom is 0.387 e. The molecule has 3 aromatic carbocycles. The summed E-state index contributed by atoms with van der Waals surface area (Å²) in [6, 6.07) is 26.0. The summed E-state index contributed by atoms with van der Waals surface area (Å²) >= 11 is 0. The Balaban J connectivity index is 1.65. The second-order valence-electron chi connectivity index (χ2n) is 6.32. The maximum atomic E-state index is 12.4. The highest BCUT2D eigenvalue weighted by Gasteiger charge is 2.15. The molecule has 144 valence electrons. The van der Waals surface area contributed by atoms with E-state index >= 15 is 0 Å². The van der Waals surface area contributed by atoms with Gasteiger partial charge in [-0.25, -0.2) is 0 Å². The van der Waals surface area contributed by atoms with E-state index in [1.165, 1.54) is 29.3 Å². The molecule has 0 aromatic heterocycles. The third-order valence-electron chi connectivity index (χ3n) is 4.44. The zero-order chi connectivity index (χ0) is 19.8. The number of rotatable bonds is 8. The summed E-state index contributed by atoms with van der Waals surface area (Å²) in [5.74, 6) is -0.204. The summed E-state index contributed by atoms with van der Waals surface area (Å²) in [6.07, 6.45) is 0.715. The number of benzene rings is 3. The van der Waals surface area contributed by atoms with Crippen LogP contribution in [0.25, 0.3) is 0 Å². The SMILES string of the molecule is O=C(NCCC(c1ccccc1)c1ccccc1)c1cccc(OC(F)F)c1. The average Bonchev–Trinajstić information content (AvgIpc) is 2.72. The monoisotopic (exact) mass is 381 g/mol. The van der Waals surface area contributed by atoms with Gasteiger partial charge < -0.3 is 10.1 Å². The molecule has 3 aromatic rings. The van der Waals surface area contributed by atoms with Gasteiger partial charge in [0.15, 0.2) is 0 Å². The van der Waals surface area contributed by atoms with Crippen LogP contribution in [0.4, 0.5) is 8.78 Å². The lowest BCUT2D eigenvalue weighted by Gasteiger charge is -2.18. The van der Waals surface area contributed by atoms with E-state index in [4.69, 9.17) is 0 Å². The Bertz CT molecular complexity index is 846. The van der Waals surface area contributed by atoms with Gasteiger partial charge >= 0.3 is 6.61 Å². The number of ether oxygens (including phenoxy) is 1. The lowest BCUT2D eigenvalue weighted by molar-refractivity contribution is -0.0498. The molecule has 0 heterocycles. The van der Waals surface area contributed by atoms with E-state index in [2.05, 4.69) is 34.3 Å². The molecule has 1 N–H and O–H groups in total. The number of carbonyl (C=O) groups excluding carboxylic acids is 1. The second kappa shape index (κ2) is 9.65. The van der Waals surface area contributed by atoms with Crippen LogP contribution in [0.1, 0.15) is 33.8 Å².